The zero-order valence-electron chi connectivity index (χ0n) is 8.21. The average Bonchev–Trinajstić information content (AvgIpc) is 2.21. The summed E-state index contributed by atoms with van der Waals surface area (Å²) in [6.07, 6.45) is 5.68. The number of benzene rings is 1. The maximum atomic E-state index is 12.5. The molecule has 1 rings (SSSR count). The van der Waals surface area contributed by atoms with Crippen LogP contribution in [0.4, 0.5) is 4.39 Å². The first-order valence-electron chi connectivity index (χ1n) is 5.01. The van der Waals surface area contributed by atoms with Crippen LogP contribution in [0.25, 0.3) is 0 Å². The molecule has 0 heterocycles. The summed E-state index contributed by atoms with van der Waals surface area (Å²) < 4.78 is 12.5. The first-order chi connectivity index (χ1) is 6.83. The fourth-order valence-corrected chi connectivity index (χ4v) is 1.38. The Bertz CT molecular complexity index is 266. The lowest BCUT2D eigenvalue weighted by Crippen LogP contribution is -1.86. The number of halogens is 1. The fourth-order valence-electron chi connectivity index (χ4n) is 1.38. The van der Waals surface area contributed by atoms with Crippen molar-refractivity contribution >= 4 is 6.29 Å². The van der Waals surface area contributed by atoms with Gasteiger partial charge < -0.3 is 4.79 Å². The normalized spacial score (nSPS) is 10.1. The molecule has 0 amide bonds. The molecule has 0 N–H and O–H groups in total. The summed E-state index contributed by atoms with van der Waals surface area (Å²) in [5.41, 5.74) is 1.16. The molecule has 0 spiro atoms. The van der Waals surface area contributed by atoms with E-state index in [0.29, 0.717) is 6.42 Å². The quantitative estimate of drug-likeness (QED) is 0.502. The Balaban J connectivity index is 2.18. The van der Waals surface area contributed by atoms with Crippen LogP contribution in [-0.4, -0.2) is 6.29 Å². The number of carbonyl (C=O) groups excluding carboxylic acids is 1. The van der Waals surface area contributed by atoms with Crippen LogP contribution in [0, 0.1) is 5.82 Å². The lowest BCUT2D eigenvalue weighted by Gasteiger charge is -2.00. The predicted molar refractivity (Wildman–Crippen MR) is 54.6 cm³/mol. The van der Waals surface area contributed by atoms with E-state index in [1.54, 1.807) is 0 Å². The van der Waals surface area contributed by atoms with Crippen molar-refractivity contribution in [3.05, 3.63) is 35.6 Å². The highest BCUT2D eigenvalue weighted by Crippen LogP contribution is 2.08. The van der Waals surface area contributed by atoms with Crippen molar-refractivity contribution in [3.63, 3.8) is 0 Å². The molecule has 0 unspecified atom stereocenters. The van der Waals surface area contributed by atoms with E-state index < -0.39 is 0 Å². The third kappa shape index (κ3) is 4.17. The van der Waals surface area contributed by atoms with E-state index in [1.165, 1.54) is 12.1 Å². The van der Waals surface area contributed by atoms with Gasteiger partial charge in [-0.15, -0.1) is 0 Å². The van der Waals surface area contributed by atoms with Gasteiger partial charge in [-0.3, -0.25) is 0 Å². The molecule has 0 fully saturated rings. The van der Waals surface area contributed by atoms with Crippen LogP contribution < -0.4 is 0 Å². The number of unbranched alkanes of at least 4 members (excludes halogenated alkanes) is 3. The summed E-state index contributed by atoms with van der Waals surface area (Å²) >= 11 is 0. The molecule has 2 heteroatoms. The lowest BCUT2D eigenvalue weighted by molar-refractivity contribution is -0.107. The average molecular weight is 194 g/mol. The van der Waals surface area contributed by atoms with Crippen LogP contribution in [0.5, 0.6) is 0 Å². The molecule has 1 aromatic carbocycles. The fraction of sp³-hybridized carbons (Fsp3) is 0.417. The maximum absolute atomic E-state index is 12.5. The molecule has 0 aliphatic carbocycles. The first kappa shape index (κ1) is 10.9. The summed E-state index contributed by atoms with van der Waals surface area (Å²) in [6, 6.07) is 6.60. The van der Waals surface area contributed by atoms with Gasteiger partial charge in [-0.2, -0.15) is 0 Å². The minimum Gasteiger partial charge on any atom is -0.303 e. The Morgan fingerprint density at radius 3 is 2.43 bits per heavy atom. The first-order valence-corrected chi connectivity index (χ1v) is 5.01. The molecule has 1 aromatic rings. The second-order valence-electron chi connectivity index (χ2n) is 3.39. The van der Waals surface area contributed by atoms with Gasteiger partial charge >= 0.3 is 0 Å². The van der Waals surface area contributed by atoms with Crippen molar-refractivity contribution in [3.8, 4) is 0 Å². The Morgan fingerprint density at radius 2 is 1.79 bits per heavy atom. The van der Waals surface area contributed by atoms with Gasteiger partial charge in [0.05, 0.1) is 0 Å². The van der Waals surface area contributed by atoms with Crippen molar-refractivity contribution in [2.75, 3.05) is 0 Å². The Kier molecular flexibility index (Phi) is 4.90. The molecule has 14 heavy (non-hydrogen) atoms. The van der Waals surface area contributed by atoms with Gasteiger partial charge in [0.25, 0.3) is 0 Å². The van der Waals surface area contributed by atoms with Crippen LogP contribution in [0.3, 0.4) is 0 Å². The maximum Gasteiger partial charge on any atom is 0.123 e. The second kappa shape index (κ2) is 6.30. The number of hydrogen-bond acceptors (Lipinski definition) is 1. The van der Waals surface area contributed by atoms with Gasteiger partial charge in [-0.05, 0) is 37.0 Å². The Labute approximate surface area is 83.9 Å². The number of rotatable bonds is 6. The molecule has 76 valence electrons. The molecule has 0 aromatic heterocycles. The van der Waals surface area contributed by atoms with Crippen LogP contribution in [0.15, 0.2) is 24.3 Å². The van der Waals surface area contributed by atoms with Gasteiger partial charge in [0.15, 0.2) is 0 Å². The molecule has 0 saturated carbocycles. The van der Waals surface area contributed by atoms with Crippen LogP contribution in [0.2, 0.25) is 0 Å². The minimum absolute atomic E-state index is 0.185. The predicted octanol–water partition coefficient (Wildman–Crippen LogP) is 3.13. The van der Waals surface area contributed by atoms with E-state index in [9.17, 15) is 9.18 Å². The Morgan fingerprint density at radius 1 is 1.07 bits per heavy atom. The Hall–Kier alpha value is -1.18. The number of hydrogen-bond donors (Lipinski definition) is 0. The topological polar surface area (TPSA) is 17.1 Å². The summed E-state index contributed by atoms with van der Waals surface area (Å²) in [5, 5.41) is 0. The third-order valence-electron chi connectivity index (χ3n) is 2.20. The molecule has 0 aliphatic heterocycles. The third-order valence-corrected chi connectivity index (χ3v) is 2.20. The van der Waals surface area contributed by atoms with Gasteiger partial charge in [0.1, 0.15) is 12.1 Å². The zero-order chi connectivity index (χ0) is 10.2. The number of aldehydes is 1. The highest BCUT2D eigenvalue weighted by Gasteiger charge is 1.94. The highest BCUT2D eigenvalue weighted by molar-refractivity contribution is 5.48. The summed E-state index contributed by atoms with van der Waals surface area (Å²) in [7, 11) is 0. The van der Waals surface area contributed by atoms with Crippen LogP contribution in [0.1, 0.15) is 31.2 Å². The highest BCUT2D eigenvalue weighted by atomic mass is 19.1. The largest absolute Gasteiger partial charge is 0.303 e. The van der Waals surface area contributed by atoms with Crippen molar-refractivity contribution in [1.29, 1.82) is 0 Å². The van der Waals surface area contributed by atoms with E-state index in [2.05, 4.69) is 0 Å². The summed E-state index contributed by atoms with van der Waals surface area (Å²) in [5.74, 6) is -0.185. The SMILES string of the molecule is O=CCCCCCc1ccc(F)cc1. The van der Waals surface area contributed by atoms with Crippen LogP contribution in [-0.2, 0) is 11.2 Å². The van der Waals surface area contributed by atoms with Crippen molar-refractivity contribution in [2.45, 2.75) is 32.1 Å². The molecule has 0 saturated heterocycles. The summed E-state index contributed by atoms with van der Waals surface area (Å²) in [4.78, 5) is 10.0. The molecule has 0 radical (unpaired) electrons. The van der Waals surface area contributed by atoms with E-state index in [4.69, 9.17) is 0 Å². The van der Waals surface area contributed by atoms with Crippen molar-refractivity contribution < 1.29 is 9.18 Å². The van der Waals surface area contributed by atoms with Gasteiger partial charge in [0, 0.05) is 6.42 Å². The number of aryl methyl sites for hydroxylation is 1. The smallest absolute Gasteiger partial charge is 0.123 e. The van der Waals surface area contributed by atoms with Crippen molar-refractivity contribution in [1.82, 2.24) is 0 Å². The molecule has 0 atom stereocenters. The molecular weight excluding hydrogens is 179 g/mol. The van der Waals surface area contributed by atoms with Gasteiger partial charge in [0.2, 0.25) is 0 Å². The summed E-state index contributed by atoms with van der Waals surface area (Å²) in [6.45, 7) is 0. The monoisotopic (exact) mass is 194 g/mol. The van der Waals surface area contributed by atoms with Crippen molar-refractivity contribution in [2.24, 2.45) is 0 Å². The molecule has 0 aliphatic rings. The second-order valence-corrected chi connectivity index (χ2v) is 3.39. The van der Waals surface area contributed by atoms with E-state index >= 15 is 0 Å². The van der Waals surface area contributed by atoms with E-state index in [-0.39, 0.29) is 5.82 Å². The van der Waals surface area contributed by atoms with Gasteiger partial charge in [-0.1, -0.05) is 18.6 Å². The molecule has 1 nitrogen and oxygen atoms in total. The zero-order valence-corrected chi connectivity index (χ0v) is 8.21. The molecular formula is C12H15FO. The minimum atomic E-state index is -0.185. The van der Waals surface area contributed by atoms with E-state index in [0.717, 1.165) is 37.5 Å². The van der Waals surface area contributed by atoms with Gasteiger partial charge in [-0.25, -0.2) is 4.39 Å². The molecule has 0 bridgehead atoms. The lowest BCUT2D eigenvalue weighted by atomic mass is 10.1. The van der Waals surface area contributed by atoms with Crippen LogP contribution >= 0.6 is 0 Å². The number of carbonyl (C=O) groups is 1. The van der Waals surface area contributed by atoms with E-state index in [1.807, 2.05) is 12.1 Å². The standard InChI is InChI=1S/C12H15FO/c13-12-8-6-11(7-9-12)5-3-1-2-4-10-14/h6-10H,1-5H2.